The molecule has 1 fully saturated rings. The van der Waals surface area contributed by atoms with Gasteiger partial charge in [0.2, 0.25) is 0 Å². The van der Waals surface area contributed by atoms with Crippen LogP contribution >= 0.6 is 12.4 Å². The average molecular weight is 214 g/mol. The zero-order chi connectivity index (χ0) is 9.26. The van der Waals surface area contributed by atoms with Crippen LogP contribution in [0.3, 0.4) is 0 Å². The molecule has 3 nitrogen and oxygen atoms in total. The van der Waals surface area contributed by atoms with E-state index in [-0.39, 0.29) is 18.3 Å². The maximum Gasteiger partial charge on any atom is 0.306 e. The molecule has 1 N–H and O–H groups in total. The Kier molecular flexibility index (Phi) is 3.47. The summed E-state index contributed by atoms with van der Waals surface area (Å²) in [5.74, 6) is -0.389. The molecule has 4 heteroatoms. The Morgan fingerprint density at radius 1 is 1.50 bits per heavy atom. The molecule has 2 rings (SSSR count). The van der Waals surface area contributed by atoms with Crippen LogP contribution in [0.5, 0.6) is 0 Å². The van der Waals surface area contributed by atoms with Crippen molar-refractivity contribution in [1.29, 1.82) is 0 Å². The van der Waals surface area contributed by atoms with Crippen LogP contribution in [-0.2, 0) is 4.79 Å². The van der Waals surface area contributed by atoms with E-state index in [1.165, 1.54) is 5.56 Å². The minimum absolute atomic E-state index is 0. The first kappa shape index (κ1) is 11.0. The first-order valence-electron chi connectivity index (χ1n) is 4.40. The van der Waals surface area contributed by atoms with Gasteiger partial charge in [0.1, 0.15) is 0 Å². The molecule has 0 aliphatic heterocycles. The summed E-state index contributed by atoms with van der Waals surface area (Å²) in [6, 6.07) is 3.90. The van der Waals surface area contributed by atoms with Crippen molar-refractivity contribution in [1.82, 2.24) is 4.98 Å². The van der Waals surface area contributed by atoms with Crippen molar-refractivity contribution in [2.75, 3.05) is 0 Å². The summed E-state index contributed by atoms with van der Waals surface area (Å²) in [6.07, 6.45) is 5.08. The number of halogens is 1. The molecule has 0 bridgehead atoms. The summed E-state index contributed by atoms with van der Waals surface area (Å²) in [5.41, 5.74) is 1.17. The van der Waals surface area contributed by atoms with Gasteiger partial charge in [-0.1, -0.05) is 6.07 Å². The van der Waals surface area contributed by atoms with Gasteiger partial charge in [-0.3, -0.25) is 9.78 Å². The van der Waals surface area contributed by atoms with Crippen LogP contribution in [0.4, 0.5) is 0 Å². The molecule has 0 aromatic carbocycles. The zero-order valence-electron chi connectivity index (χ0n) is 7.59. The van der Waals surface area contributed by atoms with Gasteiger partial charge in [-0.15, -0.1) is 12.4 Å². The molecule has 1 aromatic rings. The molecule has 76 valence electrons. The van der Waals surface area contributed by atoms with E-state index in [0.717, 1.165) is 12.8 Å². The number of rotatable bonds is 2. The number of aromatic nitrogens is 1. The number of carbonyl (C=O) groups is 1. The molecular formula is C10H12ClNO2. The molecule has 0 spiro atoms. The van der Waals surface area contributed by atoms with E-state index < -0.39 is 5.97 Å². The monoisotopic (exact) mass is 213 g/mol. The van der Waals surface area contributed by atoms with Crippen LogP contribution in [0.1, 0.15) is 24.3 Å². The Morgan fingerprint density at radius 2 is 2.21 bits per heavy atom. The number of hydrogen-bond donors (Lipinski definition) is 1. The van der Waals surface area contributed by atoms with Gasteiger partial charge in [0.15, 0.2) is 0 Å². The van der Waals surface area contributed by atoms with Gasteiger partial charge in [-0.05, 0) is 30.4 Å². The summed E-state index contributed by atoms with van der Waals surface area (Å²) in [5, 5.41) is 8.68. The van der Waals surface area contributed by atoms with Gasteiger partial charge < -0.3 is 5.11 Å². The zero-order valence-corrected chi connectivity index (χ0v) is 8.41. The maximum atomic E-state index is 10.5. The maximum absolute atomic E-state index is 10.5. The number of nitrogens with zero attached hydrogens (tertiary/aromatic N) is 1. The third-order valence-electron chi connectivity index (χ3n) is 2.64. The molecule has 0 amide bonds. The van der Waals surface area contributed by atoms with E-state index in [1.807, 2.05) is 18.3 Å². The van der Waals surface area contributed by atoms with Gasteiger partial charge in [0.05, 0.1) is 5.92 Å². The predicted octanol–water partition coefficient (Wildman–Crippen LogP) is 2.08. The molecule has 1 aromatic heterocycles. The fourth-order valence-electron chi connectivity index (χ4n) is 1.71. The topological polar surface area (TPSA) is 50.2 Å². The van der Waals surface area contributed by atoms with Gasteiger partial charge >= 0.3 is 5.97 Å². The van der Waals surface area contributed by atoms with Gasteiger partial charge in [0.25, 0.3) is 0 Å². The van der Waals surface area contributed by atoms with Gasteiger partial charge in [-0.2, -0.15) is 0 Å². The molecule has 0 saturated heterocycles. The number of pyridine rings is 1. The quantitative estimate of drug-likeness (QED) is 0.819. The predicted molar refractivity (Wildman–Crippen MR) is 54.6 cm³/mol. The molecule has 1 aliphatic rings. The highest BCUT2D eigenvalue weighted by Crippen LogP contribution is 2.41. The fourth-order valence-corrected chi connectivity index (χ4v) is 1.71. The Morgan fingerprint density at radius 3 is 2.71 bits per heavy atom. The van der Waals surface area contributed by atoms with E-state index in [9.17, 15) is 4.79 Å². The van der Waals surface area contributed by atoms with E-state index in [4.69, 9.17) is 5.11 Å². The Balaban J connectivity index is 0.000000980. The van der Waals surface area contributed by atoms with Crippen LogP contribution in [0.15, 0.2) is 24.5 Å². The number of carboxylic acid groups (broad SMARTS) is 1. The fraction of sp³-hybridized carbons (Fsp3) is 0.400. The molecule has 0 atom stereocenters. The van der Waals surface area contributed by atoms with Crippen molar-refractivity contribution in [3.05, 3.63) is 30.1 Å². The minimum atomic E-state index is -0.667. The smallest absolute Gasteiger partial charge is 0.306 e. The van der Waals surface area contributed by atoms with Crippen molar-refractivity contribution < 1.29 is 9.90 Å². The Bertz CT molecular complexity index is 309. The molecule has 0 unspecified atom stereocenters. The third kappa shape index (κ3) is 2.04. The Hall–Kier alpha value is -1.09. The number of carboxylic acids is 1. The van der Waals surface area contributed by atoms with Gasteiger partial charge in [0, 0.05) is 12.4 Å². The van der Waals surface area contributed by atoms with Crippen LogP contribution in [0.25, 0.3) is 0 Å². The van der Waals surface area contributed by atoms with Crippen molar-refractivity contribution in [2.24, 2.45) is 5.92 Å². The third-order valence-corrected chi connectivity index (χ3v) is 2.64. The molecule has 1 saturated carbocycles. The van der Waals surface area contributed by atoms with E-state index in [0.29, 0.717) is 5.92 Å². The lowest BCUT2D eigenvalue weighted by atomic mass is 9.72. The Labute approximate surface area is 88.6 Å². The van der Waals surface area contributed by atoms with Crippen molar-refractivity contribution >= 4 is 18.4 Å². The summed E-state index contributed by atoms with van der Waals surface area (Å²) >= 11 is 0. The second kappa shape index (κ2) is 4.42. The van der Waals surface area contributed by atoms with Gasteiger partial charge in [-0.25, -0.2) is 0 Å². The highest BCUT2D eigenvalue weighted by Gasteiger charge is 2.35. The summed E-state index contributed by atoms with van der Waals surface area (Å²) in [6.45, 7) is 0. The summed E-state index contributed by atoms with van der Waals surface area (Å²) in [7, 11) is 0. The highest BCUT2D eigenvalue weighted by molar-refractivity contribution is 5.85. The average Bonchev–Trinajstić information content (AvgIpc) is 2.02. The lowest BCUT2D eigenvalue weighted by Crippen LogP contribution is -2.28. The largest absolute Gasteiger partial charge is 0.481 e. The number of aliphatic carboxylic acids is 1. The summed E-state index contributed by atoms with van der Waals surface area (Å²) < 4.78 is 0. The minimum Gasteiger partial charge on any atom is -0.481 e. The van der Waals surface area contributed by atoms with E-state index >= 15 is 0 Å². The van der Waals surface area contributed by atoms with Crippen molar-refractivity contribution in [2.45, 2.75) is 18.8 Å². The normalized spacial score (nSPS) is 24.6. The van der Waals surface area contributed by atoms with Crippen LogP contribution in [-0.4, -0.2) is 16.1 Å². The van der Waals surface area contributed by atoms with Crippen LogP contribution < -0.4 is 0 Å². The lowest BCUT2D eigenvalue weighted by Gasteiger charge is -2.32. The second-order valence-electron chi connectivity index (χ2n) is 3.49. The molecule has 14 heavy (non-hydrogen) atoms. The standard InChI is InChI=1S/C10H11NO2.ClH/c12-10(13)9-4-8(5-9)7-2-1-3-11-6-7;/h1-3,6,8-9H,4-5H2,(H,12,13);1H. The number of hydrogen-bond acceptors (Lipinski definition) is 2. The first-order chi connectivity index (χ1) is 6.27. The summed E-state index contributed by atoms with van der Waals surface area (Å²) in [4.78, 5) is 14.6. The molecule has 1 heterocycles. The van der Waals surface area contributed by atoms with Crippen molar-refractivity contribution in [3.8, 4) is 0 Å². The SMILES string of the molecule is Cl.O=C(O)C1CC(c2cccnc2)C1. The van der Waals surface area contributed by atoms with Crippen LogP contribution in [0.2, 0.25) is 0 Å². The molecular weight excluding hydrogens is 202 g/mol. The molecule has 1 aliphatic carbocycles. The first-order valence-corrected chi connectivity index (χ1v) is 4.40. The van der Waals surface area contributed by atoms with Crippen LogP contribution in [0, 0.1) is 5.92 Å². The van der Waals surface area contributed by atoms with E-state index in [1.54, 1.807) is 6.20 Å². The molecule has 0 radical (unpaired) electrons. The highest BCUT2D eigenvalue weighted by atomic mass is 35.5. The van der Waals surface area contributed by atoms with E-state index in [2.05, 4.69) is 4.98 Å². The lowest BCUT2D eigenvalue weighted by molar-refractivity contribution is -0.145. The van der Waals surface area contributed by atoms with Crippen molar-refractivity contribution in [3.63, 3.8) is 0 Å². The second-order valence-corrected chi connectivity index (χ2v) is 3.49.